The van der Waals surface area contributed by atoms with Gasteiger partial charge in [0.2, 0.25) is 0 Å². The largest absolute Gasteiger partial charge is 0.385 e. The van der Waals surface area contributed by atoms with E-state index in [2.05, 4.69) is 19.2 Å². The Hall–Kier alpha value is -1.58. The maximum absolute atomic E-state index is 10.6. The van der Waals surface area contributed by atoms with Crippen LogP contribution in [0.2, 0.25) is 0 Å². The first-order valence-electron chi connectivity index (χ1n) is 5.89. The Labute approximate surface area is 101 Å². The summed E-state index contributed by atoms with van der Waals surface area (Å²) in [5, 5.41) is 14.0. The molecule has 1 aliphatic rings. The molecule has 1 aliphatic carbocycles. The van der Waals surface area contributed by atoms with Gasteiger partial charge in [0, 0.05) is 24.4 Å². The van der Waals surface area contributed by atoms with Crippen LogP contribution in [0, 0.1) is 28.4 Å². The number of nitro benzene ring substituents is 1. The SMILES string of the molecule is Cc1cc([N+](=O)[O-])ccc1NCC1CC1(C)C. The molecule has 1 aromatic carbocycles. The fourth-order valence-corrected chi connectivity index (χ4v) is 2.12. The van der Waals surface area contributed by atoms with Crippen molar-refractivity contribution in [3.63, 3.8) is 0 Å². The van der Waals surface area contributed by atoms with Gasteiger partial charge in [-0.2, -0.15) is 0 Å². The van der Waals surface area contributed by atoms with Crippen molar-refractivity contribution in [2.75, 3.05) is 11.9 Å². The summed E-state index contributed by atoms with van der Waals surface area (Å²) in [6.45, 7) is 7.38. The van der Waals surface area contributed by atoms with E-state index in [1.54, 1.807) is 18.2 Å². The first-order valence-corrected chi connectivity index (χ1v) is 5.89. The fourth-order valence-electron chi connectivity index (χ4n) is 2.12. The number of nitrogens with zero attached hydrogens (tertiary/aromatic N) is 1. The van der Waals surface area contributed by atoms with Crippen LogP contribution in [0.3, 0.4) is 0 Å². The Balaban J connectivity index is 2.00. The molecule has 1 unspecified atom stereocenters. The van der Waals surface area contributed by atoms with Crippen LogP contribution in [-0.4, -0.2) is 11.5 Å². The number of nitro groups is 1. The first-order chi connectivity index (χ1) is 7.90. The number of rotatable bonds is 4. The maximum atomic E-state index is 10.6. The van der Waals surface area contributed by atoms with E-state index in [-0.39, 0.29) is 10.6 Å². The minimum Gasteiger partial charge on any atom is -0.385 e. The van der Waals surface area contributed by atoms with Gasteiger partial charge in [-0.1, -0.05) is 13.8 Å². The zero-order valence-electron chi connectivity index (χ0n) is 10.5. The lowest BCUT2D eigenvalue weighted by atomic mass is 10.1. The van der Waals surface area contributed by atoms with Crippen LogP contribution in [0.25, 0.3) is 0 Å². The molecule has 0 radical (unpaired) electrons. The highest BCUT2D eigenvalue weighted by atomic mass is 16.6. The van der Waals surface area contributed by atoms with Crippen LogP contribution in [0.1, 0.15) is 25.8 Å². The number of aryl methyl sites for hydroxylation is 1. The number of hydrogen-bond donors (Lipinski definition) is 1. The first kappa shape index (κ1) is 11.9. The molecule has 1 fully saturated rings. The monoisotopic (exact) mass is 234 g/mol. The summed E-state index contributed by atoms with van der Waals surface area (Å²) in [6.07, 6.45) is 1.26. The normalized spacial score (nSPS) is 21.0. The Bertz CT molecular complexity index is 455. The molecule has 1 atom stereocenters. The summed E-state index contributed by atoms with van der Waals surface area (Å²) in [4.78, 5) is 10.3. The van der Waals surface area contributed by atoms with Crippen molar-refractivity contribution >= 4 is 11.4 Å². The predicted molar refractivity (Wildman–Crippen MR) is 68.2 cm³/mol. The van der Waals surface area contributed by atoms with Gasteiger partial charge in [-0.15, -0.1) is 0 Å². The molecule has 92 valence electrons. The molecule has 0 bridgehead atoms. The zero-order chi connectivity index (χ0) is 12.6. The molecule has 0 aliphatic heterocycles. The summed E-state index contributed by atoms with van der Waals surface area (Å²) < 4.78 is 0. The molecular formula is C13H18N2O2. The van der Waals surface area contributed by atoms with E-state index in [4.69, 9.17) is 0 Å². The number of hydrogen-bond acceptors (Lipinski definition) is 3. The molecule has 0 heterocycles. The third-order valence-electron chi connectivity index (χ3n) is 3.68. The van der Waals surface area contributed by atoms with Crippen molar-refractivity contribution < 1.29 is 4.92 Å². The average Bonchev–Trinajstić information content (AvgIpc) is 2.84. The highest BCUT2D eigenvalue weighted by Gasteiger charge is 2.44. The van der Waals surface area contributed by atoms with Crippen LogP contribution in [0.15, 0.2) is 18.2 Å². The minimum atomic E-state index is -0.360. The van der Waals surface area contributed by atoms with Crippen molar-refractivity contribution in [3.8, 4) is 0 Å². The van der Waals surface area contributed by atoms with Gasteiger partial charge < -0.3 is 5.32 Å². The van der Waals surface area contributed by atoms with Crippen molar-refractivity contribution in [1.29, 1.82) is 0 Å². The second-order valence-corrected chi connectivity index (χ2v) is 5.53. The summed E-state index contributed by atoms with van der Waals surface area (Å²) in [5.74, 6) is 0.720. The minimum absolute atomic E-state index is 0.153. The number of non-ortho nitro benzene ring substituents is 1. The lowest BCUT2D eigenvalue weighted by Crippen LogP contribution is -2.08. The third-order valence-corrected chi connectivity index (χ3v) is 3.68. The van der Waals surface area contributed by atoms with Crippen molar-refractivity contribution in [2.45, 2.75) is 27.2 Å². The molecule has 17 heavy (non-hydrogen) atoms. The molecule has 4 heteroatoms. The van der Waals surface area contributed by atoms with E-state index in [9.17, 15) is 10.1 Å². The quantitative estimate of drug-likeness (QED) is 0.642. The Morgan fingerprint density at radius 1 is 1.53 bits per heavy atom. The highest BCUT2D eigenvalue weighted by molar-refractivity contribution is 5.55. The van der Waals surface area contributed by atoms with Gasteiger partial charge in [0.1, 0.15) is 0 Å². The number of anilines is 1. The summed E-state index contributed by atoms with van der Waals surface area (Å²) in [7, 11) is 0. The Morgan fingerprint density at radius 3 is 2.65 bits per heavy atom. The van der Waals surface area contributed by atoms with Crippen LogP contribution < -0.4 is 5.32 Å². The van der Waals surface area contributed by atoms with Gasteiger partial charge in [-0.3, -0.25) is 10.1 Å². The van der Waals surface area contributed by atoms with Gasteiger partial charge in [-0.05, 0) is 36.3 Å². The van der Waals surface area contributed by atoms with Crippen LogP contribution in [0.5, 0.6) is 0 Å². The second-order valence-electron chi connectivity index (χ2n) is 5.53. The second kappa shape index (κ2) is 4.02. The Kier molecular flexibility index (Phi) is 2.81. The molecule has 0 aromatic heterocycles. The lowest BCUT2D eigenvalue weighted by Gasteiger charge is -2.10. The van der Waals surface area contributed by atoms with Gasteiger partial charge in [-0.25, -0.2) is 0 Å². The zero-order valence-corrected chi connectivity index (χ0v) is 10.5. The topological polar surface area (TPSA) is 55.2 Å². The van der Waals surface area contributed by atoms with Gasteiger partial charge in [0.15, 0.2) is 0 Å². The van der Waals surface area contributed by atoms with E-state index in [1.165, 1.54) is 6.42 Å². The third kappa shape index (κ3) is 2.57. The predicted octanol–water partition coefficient (Wildman–Crippen LogP) is 3.36. The molecule has 1 N–H and O–H groups in total. The van der Waals surface area contributed by atoms with Gasteiger partial charge >= 0.3 is 0 Å². The van der Waals surface area contributed by atoms with Crippen molar-refractivity contribution in [3.05, 3.63) is 33.9 Å². The van der Waals surface area contributed by atoms with Crippen molar-refractivity contribution in [1.82, 2.24) is 0 Å². The molecule has 1 saturated carbocycles. The number of benzene rings is 1. The van der Waals surface area contributed by atoms with E-state index >= 15 is 0 Å². The van der Waals surface area contributed by atoms with Crippen molar-refractivity contribution in [2.24, 2.45) is 11.3 Å². The van der Waals surface area contributed by atoms with Crippen LogP contribution in [0.4, 0.5) is 11.4 Å². The number of nitrogens with one attached hydrogen (secondary N) is 1. The average molecular weight is 234 g/mol. The standard InChI is InChI=1S/C13H18N2O2/c1-9-6-11(15(16)17)4-5-12(9)14-8-10-7-13(10,2)3/h4-6,10,14H,7-8H2,1-3H3. The van der Waals surface area contributed by atoms with E-state index in [0.29, 0.717) is 5.41 Å². The smallest absolute Gasteiger partial charge is 0.269 e. The highest BCUT2D eigenvalue weighted by Crippen LogP contribution is 2.51. The summed E-state index contributed by atoms with van der Waals surface area (Å²) in [5.41, 5.74) is 2.54. The maximum Gasteiger partial charge on any atom is 0.269 e. The Morgan fingerprint density at radius 2 is 2.18 bits per heavy atom. The fraction of sp³-hybridized carbons (Fsp3) is 0.538. The molecule has 4 nitrogen and oxygen atoms in total. The molecule has 2 rings (SSSR count). The van der Waals surface area contributed by atoms with Crippen LogP contribution in [-0.2, 0) is 0 Å². The summed E-state index contributed by atoms with van der Waals surface area (Å²) in [6, 6.07) is 4.95. The molecule has 1 aromatic rings. The molecule has 0 spiro atoms. The molecule has 0 amide bonds. The van der Waals surface area contributed by atoms with Crippen LogP contribution >= 0.6 is 0 Å². The van der Waals surface area contributed by atoms with E-state index < -0.39 is 0 Å². The summed E-state index contributed by atoms with van der Waals surface area (Å²) >= 11 is 0. The van der Waals surface area contributed by atoms with Gasteiger partial charge in [0.25, 0.3) is 5.69 Å². The lowest BCUT2D eigenvalue weighted by molar-refractivity contribution is -0.384. The van der Waals surface area contributed by atoms with E-state index in [1.807, 2.05) is 6.92 Å². The molecular weight excluding hydrogens is 216 g/mol. The van der Waals surface area contributed by atoms with E-state index in [0.717, 1.165) is 23.7 Å². The molecule has 0 saturated heterocycles. The van der Waals surface area contributed by atoms with Gasteiger partial charge in [0.05, 0.1) is 4.92 Å².